The predicted molar refractivity (Wildman–Crippen MR) is 117 cm³/mol. The van der Waals surface area contributed by atoms with E-state index in [1.165, 1.54) is 11.1 Å². The van der Waals surface area contributed by atoms with Crippen LogP contribution in [0.5, 0.6) is 0 Å². The molecule has 1 unspecified atom stereocenters. The van der Waals surface area contributed by atoms with E-state index in [4.69, 9.17) is 15.5 Å². The molecule has 1 aliphatic heterocycles. The zero-order valence-corrected chi connectivity index (χ0v) is 17.3. The van der Waals surface area contributed by atoms with Gasteiger partial charge in [0.25, 0.3) is 0 Å². The number of hydrogen-bond donors (Lipinski definition) is 1. The van der Waals surface area contributed by atoms with E-state index < -0.39 is 0 Å². The van der Waals surface area contributed by atoms with Crippen LogP contribution in [-0.2, 0) is 16.0 Å². The first-order valence-electron chi connectivity index (χ1n) is 10.1. The Labute approximate surface area is 176 Å². The minimum absolute atomic E-state index is 0.116. The highest BCUT2D eigenvalue weighted by Gasteiger charge is 2.26. The first-order valence-corrected chi connectivity index (χ1v) is 10.1. The van der Waals surface area contributed by atoms with Gasteiger partial charge < -0.3 is 15.4 Å². The van der Waals surface area contributed by atoms with E-state index in [9.17, 15) is 4.79 Å². The Bertz CT molecular complexity index is 1050. The Balaban J connectivity index is 1.47. The van der Waals surface area contributed by atoms with Crippen molar-refractivity contribution in [3.8, 4) is 11.3 Å². The van der Waals surface area contributed by atoms with Gasteiger partial charge in [-0.15, -0.1) is 0 Å². The Morgan fingerprint density at radius 2 is 2.03 bits per heavy atom. The zero-order chi connectivity index (χ0) is 21.1. The fourth-order valence-corrected chi connectivity index (χ4v) is 3.60. The van der Waals surface area contributed by atoms with Crippen molar-refractivity contribution in [1.82, 2.24) is 14.9 Å². The van der Waals surface area contributed by atoms with Crippen molar-refractivity contribution in [2.24, 2.45) is 0 Å². The summed E-state index contributed by atoms with van der Waals surface area (Å²) in [6.07, 6.45) is 1.87. The molecule has 1 amide bonds. The van der Waals surface area contributed by atoms with E-state index in [1.54, 1.807) is 12.3 Å². The molecule has 0 aliphatic carbocycles. The van der Waals surface area contributed by atoms with Gasteiger partial charge in [0, 0.05) is 18.3 Å². The summed E-state index contributed by atoms with van der Waals surface area (Å²) in [4.78, 5) is 23.7. The average Bonchev–Trinajstić information content (AvgIpc) is 2.77. The zero-order valence-electron chi connectivity index (χ0n) is 17.3. The molecule has 0 spiro atoms. The van der Waals surface area contributed by atoms with Crippen molar-refractivity contribution in [1.29, 1.82) is 0 Å². The topological polar surface area (TPSA) is 81.3 Å². The van der Waals surface area contributed by atoms with Crippen molar-refractivity contribution in [2.45, 2.75) is 26.4 Å². The number of nitrogens with zero attached hydrogens (tertiary/aromatic N) is 3. The second kappa shape index (κ2) is 8.63. The van der Waals surface area contributed by atoms with Crippen molar-refractivity contribution in [3.05, 3.63) is 77.1 Å². The number of morpholine rings is 1. The molecular formula is C24H26N4O2. The maximum absolute atomic E-state index is 12.9. The number of amides is 1. The fraction of sp³-hybridized carbons (Fsp3) is 0.292. The number of pyridine rings is 2. The molecule has 1 aliphatic rings. The highest BCUT2D eigenvalue weighted by Crippen LogP contribution is 2.25. The smallest absolute Gasteiger partial charge is 0.227 e. The molecule has 0 saturated carbocycles. The molecule has 1 fully saturated rings. The lowest BCUT2D eigenvalue weighted by molar-refractivity contribution is -0.138. The van der Waals surface area contributed by atoms with Gasteiger partial charge in [0.05, 0.1) is 31.0 Å². The van der Waals surface area contributed by atoms with E-state index in [0.29, 0.717) is 31.9 Å². The molecule has 30 heavy (non-hydrogen) atoms. The molecule has 1 aromatic carbocycles. The highest BCUT2D eigenvalue weighted by molar-refractivity contribution is 5.79. The largest absolute Gasteiger partial charge is 0.384 e. The van der Waals surface area contributed by atoms with Gasteiger partial charge in [0.15, 0.2) is 0 Å². The molecule has 2 N–H and O–H groups in total. The van der Waals surface area contributed by atoms with Crippen LogP contribution in [0.15, 0.2) is 54.7 Å². The van der Waals surface area contributed by atoms with Crippen molar-refractivity contribution in [2.75, 3.05) is 25.4 Å². The molecule has 154 valence electrons. The lowest BCUT2D eigenvalue weighted by Gasteiger charge is -2.33. The molecular weight excluding hydrogens is 376 g/mol. The number of benzene rings is 1. The molecule has 6 heteroatoms. The standard InChI is InChI=1S/C24H26N4O2/c1-16-6-7-18(12-17(16)2)13-24(29)28-10-11-30-22(15-28)21-5-3-4-20(27-21)19-8-9-23(25)26-14-19/h3-9,12,14,22H,10-11,13,15H2,1-2H3,(H2,25,26). The summed E-state index contributed by atoms with van der Waals surface area (Å²) in [6.45, 7) is 5.75. The molecule has 4 rings (SSSR count). The Hall–Kier alpha value is -3.25. The van der Waals surface area contributed by atoms with E-state index >= 15 is 0 Å². The van der Waals surface area contributed by atoms with Crippen LogP contribution in [-0.4, -0.2) is 40.5 Å². The van der Waals surface area contributed by atoms with Crippen LogP contribution < -0.4 is 5.73 Å². The molecule has 3 aromatic rings. The van der Waals surface area contributed by atoms with Gasteiger partial charge in [-0.05, 0) is 54.8 Å². The van der Waals surface area contributed by atoms with Gasteiger partial charge in [-0.3, -0.25) is 4.79 Å². The maximum atomic E-state index is 12.9. The van der Waals surface area contributed by atoms with Crippen molar-refractivity contribution < 1.29 is 9.53 Å². The van der Waals surface area contributed by atoms with Crippen LogP contribution in [0, 0.1) is 13.8 Å². The van der Waals surface area contributed by atoms with Crippen LogP contribution in [0.1, 0.15) is 28.5 Å². The number of hydrogen-bond acceptors (Lipinski definition) is 5. The number of nitrogens with two attached hydrogens (primary N) is 1. The van der Waals surface area contributed by atoms with E-state index in [0.717, 1.165) is 22.5 Å². The molecule has 1 saturated heterocycles. The van der Waals surface area contributed by atoms with Crippen LogP contribution in [0.4, 0.5) is 5.82 Å². The Morgan fingerprint density at radius 3 is 2.80 bits per heavy atom. The molecule has 3 heterocycles. The van der Waals surface area contributed by atoms with E-state index in [1.807, 2.05) is 35.2 Å². The normalized spacial score (nSPS) is 16.5. The van der Waals surface area contributed by atoms with E-state index in [-0.39, 0.29) is 12.0 Å². The monoisotopic (exact) mass is 402 g/mol. The Kier molecular flexibility index (Phi) is 5.77. The summed E-state index contributed by atoms with van der Waals surface area (Å²) in [7, 11) is 0. The average molecular weight is 402 g/mol. The van der Waals surface area contributed by atoms with Gasteiger partial charge in [0.1, 0.15) is 11.9 Å². The second-order valence-electron chi connectivity index (χ2n) is 7.71. The van der Waals surface area contributed by atoms with Gasteiger partial charge in [0.2, 0.25) is 5.91 Å². The lowest BCUT2D eigenvalue weighted by atomic mass is 10.0. The summed E-state index contributed by atoms with van der Waals surface area (Å²) in [6, 6.07) is 15.7. The highest BCUT2D eigenvalue weighted by atomic mass is 16.5. The number of carbonyl (C=O) groups excluding carboxylic acids is 1. The summed E-state index contributed by atoms with van der Waals surface area (Å²) < 4.78 is 5.95. The van der Waals surface area contributed by atoms with Crippen molar-refractivity contribution >= 4 is 11.7 Å². The van der Waals surface area contributed by atoms with Crippen LogP contribution >= 0.6 is 0 Å². The predicted octanol–water partition coefficient (Wildman–Crippen LogP) is 3.49. The molecule has 6 nitrogen and oxygen atoms in total. The number of anilines is 1. The SMILES string of the molecule is Cc1ccc(CC(=O)N2CCOC(c3cccc(-c4ccc(N)nc4)n3)C2)cc1C. The minimum atomic E-state index is -0.246. The van der Waals surface area contributed by atoms with Crippen LogP contribution in [0.2, 0.25) is 0 Å². The molecule has 0 radical (unpaired) electrons. The lowest BCUT2D eigenvalue weighted by Crippen LogP contribution is -2.43. The molecule has 0 bridgehead atoms. The molecule has 2 aromatic heterocycles. The minimum Gasteiger partial charge on any atom is -0.384 e. The number of nitrogen functional groups attached to an aromatic ring is 1. The van der Waals surface area contributed by atoms with Crippen LogP contribution in [0.25, 0.3) is 11.3 Å². The number of rotatable bonds is 4. The number of carbonyl (C=O) groups is 1. The third kappa shape index (κ3) is 4.49. The number of aromatic nitrogens is 2. The first kappa shape index (κ1) is 20.0. The maximum Gasteiger partial charge on any atom is 0.227 e. The van der Waals surface area contributed by atoms with Crippen LogP contribution in [0.3, 0.4) is 0 Å². The van der Waals surface area contributed by atoms with Gasteiger partial charge in [-0.2, -0.15) is 0 Å². The van der Waals surface area contributed by atoms with Gasteiger partial charge in [-0.1, -0.05) is 24.3 Å². The summed E-state index contributed by atoms with van der Waals surface area (Å²) >= 11 is 0. The summed E-state index contributed by atoms with van der Waals surface area (Å²) in [5, 5.41) is 0. The summed E-state index contributed by atoms with van der Waals surface area (Å²) in [5.41, 5.74) is 11.7. The quantitative estimate of drug-likeness (QED) is 0.722. The van der Waals surface area contributed by atoms with Crippen molar-refractivity contribution in [3.63, 3.8) is 0 Å². The fourth-order valence-electron chi connectivity index (χ4n) is 3.60. The number of ether oxygens (including phenoxy) is 1. The number of aryl methyl sites for hydroxylation is 2. The Morgan fingerprint density at radius 1 is 1.17 bits per heavy atom. The van der Waals surface area contributed by atoms with Gasteiger partial charge >= 0.3 is 0 Å². The first-order chi connectivity index (χ1) is 14.5. The molecule has 1 atom stereocenters. The van der Waals surface area contributed by atoms with Gasteiger partial charge in [-0.25, -0.2) is 9.97 Å². The third-order valence-electron chi connectivity index (χ3n) is 5.53. The third-order valence-corrected chi connectivity index (χ3v) is 5.53. The van der Waals surface area contributed by atoms with E-state index in [2.05, 4.69) is 31.0 Å². The second-order valence-corrected chi connectivity index (χ2v) is 7.71. The summed E-state index contributed by atoms with van der Waals surface area (Å²) in [5.74, 6) is 0.592.